The third kappa shape index (κ3) is 4.06. The third-order valence-electron chi connectivity index (χ3n) is 3.43. The molecule has 1 aromatic carbocycles. The van der Waals surface area contributed by atoms with Gasteiger partial charge in [0.25, 0.3) is 0 Å². The van der Waals surface area contributed by atoms with Crippen molar-refractivity contribution >= 4 is 11.8 Å². The molecule has 0 radical (unpaired) electrons. The van der Waals surface area contributed by atoms with Crippen molar-refractivity contribution in [2.45, 2.75) is 37.8 Å². The number of rotatable bonds is 4. The van der Waals surface area contributed by atoms with Gasteiger partial charge in [-0.3, -0.25) is 9.59 Å². The fourth-order valence-electron chi connectivity index (χ4n) is 2.30. The second-order valence-corrected chi connectivity index (χ2v) is 5.04. The van der Waals surface area contributed by atoms with Crippen LogP contribution in [-0.2, 0) is 9.59 Å². The van der Waals surface area contributed by atoms with Crippen LogP contribution in [0.15, 0.2) is 30.3 Å². The highest BCUT2D eigenvalue weighted by atomic mass is 16.3. The Labute approximate surface area is 118 Å². The molecule has 0 saturated carbocycles. The maximum atomic E-state index is 11.9. The molecule has 0 aliphatic carbocycles. The molecule has 0 spiro atoms. The first-order chi connectivity index (χ1) is 9.66. The molecule has 2 amide bonds. The van der Waals surface area contributed by atoms with Gasteiger partial charge in [0.1, 0.15) is 6.04 Å². The zero-order valence-electron chi connectivity index (χ0n) is 11.3. The Morgan fingerprint density at radius 3 is 2.85 bits per heavy atom. The van der Waals surface area contributed by atoms with Crippen molar-refractivity contribution in [2.75, 3.05) is 6.54 Å². The minimum Gasteiger partial charge on any atom is -0.388 e. The largest absolute Gasteiger partial charge is 0.388 e. The molecular weight excluding hydrogens is 256 g/mol. The monoisotopic (exact) mass is 276 g/mol. The summed E-state index contributed by atoms with van der Waals surface area (Å²) in [6, 6.07) is 8.55. The first-order valence-electron chi connectivity index (χ1n) is 6.97. The van der Waals surface area contributed by atoms with E-state index < -0.39 is 12.1 Å². The molecule has 1 heterocycles. The first kappa shape index (κ1) is 14.5. The SMILES string of the molecule is O=C(CC(O)c1ccccc1)NC1CCCCNC1=O. The standard InChI is InChI=1S/C15H20N2O3/c18-13(11-6-2-1-3-7-11)10-14(19)17-12-8-4-5-9-16-15(12)20/h1-3,6-7,12-13,18H,4-5,8-10H2,(H,16,20)(H,17,19). The van der Waals surface area contributed by atoms with Gasteiger partial charge in [-0.15, -0.1) is 0 Å². The Morgan fingerprint density at radius 2 is 2.10 bits per heavy atom. The molecule has 1 aromatic rings. The van der Waals surface area contributed by atoms with Gasteiger partial charge in [-0.1, -0.05) is 30.3 Å². The molecule has 3 N–H and O–H groups in total. The van der Waals surface area contributed by atoms with Crippen molar-refractivity contribution < 1.29 is 14.7 Å². The molecule has 2 rings (SSSR count). The van der Waals surface area contributed by atoms with Crippen LogP contribution in [0, 0.1) is 0 Å². The number of aliphatic hydroxyl groups excluding tert-OH is 1. The predicted octanol–water partition coefficient (Wildman–Crippen LogP) is 0.895. The molecule has 1 aliphatic rings. The van der Waals surface area contributed by atoms with Crippen LogP contribution in [0.25, 0.3) is 0 Å². The number of nitrogens with one attached hydrogen (secondary N) is 2. The van der Waals surface area contributed by atoms with Crippen molar-refractivity contribution in [1.29, 1.82) is 0 Å². The maximum Gasteiger partial charge on any atom is 0.242 e. The van der Waals surface area contributed by atoms with Crippen molar-refractivity contribution in [3.63, 3.8) is 0 Å². The lowest BCUT2D eigenvalue weighted by atomic mass is 10.1. The van der Waals surface area contributed by atoms with E-state index in [2.05, 4.69) is 10.6 Å². The molecule has 2 unspecified atom stereocenters. The van der Waals surface area contributed by atoms with Crippen LogP contribution in [0.5, 0.6) is 0 Å². The number of carbonyl (C=O) groups excluding carboxylic acids is 2. The van der Waals surface area contributed by atoms with E-state index in [4.69, 9.17) is 0 Å². The van der Waals surface area contributed by atoms with Crippen LogP contribution in [0.3, 0.4) is 0 Å². The Kier molecular flexibility index (Phi) is 5.12. The lowest BCUT2D eigenvalue weighted by molar-refractivity contribution is -0.129. The second-order valence-electron chi connectivity index (χ2n) is 5.04. The summed E-state index contributed by atoms with van der Waals surface area (Å²) in [4.78, 5) is 23.6. The van der Waals surface area contributed by atoms with Crippen LogP contribution in [-0.4, -0.2) is 29.5 Å². The summed E-state index contributed by atoms with van der Waals surface area (Å²) in [6.07, 6.45) is 1.62. The molecule has 2 atom stereocenters. The van der Waals surface area contributed by atoms with Gasteiger partial charge in [0, 0.05) is 6.54 Å². The number of carbonyl (C=O) groups is 2. The third-order valence-corrected chi connectivity index (χ3v) is 3.43. The highest BCUT2D eigenvalue weighted by molar-refractivity contribution is 5.87. The van der Waals surface area contributed by atoms with Crippen molar-refractivity contribution in [3.8, 4) is 0 Å². The van der Waals surface area contributed by atoms with Gasteiger partial charge < -0.3 is 15.7 Å². The summed E-state index contributed by atoms with van der Waals surface area (Å²) in [7, 11) is 0. The molecule has 0 bridgehead atoms. The highest BCUT2D eigenvalue weighted by Gasteiger charge is 2.23. The van der Waals surface area contributed by atoms with Gasteiger partial charge in [0.05, 0.1) is 12.5 Å². The lowest BCUT2D eigenvalue weighted by Crippen LogP contribution is -2.45. The van der Waals surface area contributed by atoms with E-state index in [-0.39, 0.29) is 18.2 Å². The Bertz CT molecular complexity index is 461. The van der Waals surface area contributed by atoms with Crippen LogP contribution in [0.2, 0.25) is 0 Å². The fourth-order valence-corrected chi connectivity index (χ4v) is 2.30. The van der Waals surface area contributed by atoms with Crippen molar-refractivity contribution in [1.82, 2.24) is 10.6 Å². The average Bonchev–Trinajstić information content (AvgIpc) is 2.65. The summed E-state index contributed by atoms with van der Waals surface area (Å²) in [5.74, 6) is -0.437. The molecule has 108 valence electrons. The first-order valence-corrected chi connectivity index (χ1v) is 6.97. The normalized spacial score (nSPS) is 20.6. The van der Waals surface area contributed by atoms with Gasteiger partial charge in [-0.25, -0.2) is 0 Å². The van der Waals surface area contributed by atoms with Gasteiger partial charge in [0.2, 0.25) is 11.8 Å². The van der Waals surface area contributed by atoms with Crippen molar-refractivity contribution in [3.05, 3.63) is 35.9 Å². The van der Waals surface area contributed by atoms with Gasteiger partial charge in [-0.2, -0.15) is 0 Å². The Balaban J connectivity index is 1.87. The number of aliphatic hydroxyl groups is 1. The molecule has 20 heavy (non-hydrogen) atoms. The van der Waals surface area contributed by atoms with E-state index in [1.807, 2.05) is 18.2 Å². The van der Waals surface area contributed by atoms with Crippen LogP contribution >= 0.6 is 0 Å². The van der Waals surface area contributed by atoms with Crippen LogP contribution in [0.1, 0.15) is 37.4 Å². The van der Waals surface area contributed by atoms with Gasteiger partial charge in [-0.05, 0) is 24.8 Å². The number of benzene rings is 1. The van der Waals surface area contributed by atoms with E-state index in [0.29, 0.717) is 18.5 Å². The number of hydrogen-bond acceptors (Lipinski definition) is 3. The summed E-state index contributed by atoms with van der Waals surface area (Å²) in [5.41, 5.74) is 0.702. The number of amides is 2. The summed E-state index contributed by atoms with van der Waals surface area (Å²) < 4.78 is 0. The van der Waals surface area contributed by atoms with Gasteiger partial charge in [0.15, 0.2) is 0 Å². The quantitative estimate of drug-likeness (QED) is 0.764. The summed E-state index contributed by atoms with van der Waals surface area (Å²) >= 11 is 0. The Hall–Kier alpha value is -1.88. The van der Waals surface area contributed by atoms with Crippen LogP contribution in [0.4, 0.5) is 0 Å². The lowest BCUT2D eigenvalue weighted by Gasteiger charge is -2.17. The van der Waals surface area contributed by atoms with Gasteiger partial charge >= 0.3 is 0 Å². The minimum atomic E-state index is -0.843. The van der Waals surface area contributed by atoms with E-state index in [1.54, 1.807) is 12.1 Å². The van der Waals surface area contributed by atoms with E-state index in [0.717, 1.165) is 12.8 Å². The average molecular weight is 276 g/mol. The predicted molar refractivity (Wildman–Crippen MR) is 74.8 cm³/mol. The van der Waals surface area contributed by atoms with E-state index in [9.17, 15) is 14.7 Å². The molecular formula is C15H20N2O3. The molecule has 0 aromatic heterocycles. The topological polar surface area (TPSA) is 78.4 Å². The molecule has 1 fully saturated rings. The second kappa shape index (κ2) is 7.05. The van der Waals surface area contributed by atoms with E-state index in [1.165, 1.54) is 0 Å². The highest BCUT2D eigenvalue weighted by Crippen LogP contribution is 2.16. The zero-order valence-corrected chi connectivity index (χ0v) is 11.3. The summed E-state index contributed by atoms with van der Waals surface area (Å²) in [5, 5.41) is 15.4. The fraction of sp³-hybridized carbons (Fsp3) is 0.467. The minimum absolute atomic E-state index is 0.0339. The summed E-state index contributed by atoms with van der Waals surface area (Å²) in [6.45, 7) is 0.665. The smallest absolute Gasteiger partial charge is 0.242 e. The number of hydrogen-bond donors (Lipinski definition) is 3. The maximum absolute atomic E-state index is 11.9. The van der Waals surface area contributed by atoms with Crippen molar-refractivity contribution in [2.24, 2.45) is 0 Å². The molecule has 5 nitrogen and oxygen atoms in total. The molecule has 5 heteroatoms. The van der Waals surface area contributed by atoms with E-state index >= 15 is 0 Å². The Morgan fingerprint density at radius 1 is 1.35 bits per heavy atom. The molecule has 1 saturated heterocycles. The molecule has 1 aliphatic heterocycles. The van der Waals surface area contributed by atoms with Crippen LogP contribution < -0.4 is 10.6 Å². The zero-order chi connectivity index (χ0) is 14.4.